The molecule has 0 saturated carbocycles. The molecule has 0 atom stereocenters. The summed E-state index contributed by atoms with van der Waals surface area (Å²) in [4.78, 5) is 21.7. The van der Waals surface area contributed by atoms with Crippen molar-refractivity contribution < 1.29 is 9.53 Å². The molecule has 0 amide bonds. The van der Waals surface area contributed by atoms with E-state index in [1.54, 1.807) is 0 Å². The number of esters is 1. The van der Waals surface area contributed by atoms with Crippen molar-refractivity contribution in [2.24, 2.45) is 0 Å². The number of carbonyl (C=O) groups is 1. The number of fused-ring (bicyclic) bond motifs is 1. The molecule has 1 N–H and O–H groups in total. The van der Waals surface area contributed by atoms with Gasteiger partial charge in [0.2, 0.25) is 0 Å². The topological polar surface area (TPSA) is 58.2 Å². The van der Waals surface area contributed by atoms with Crippen LogP contribution in [0.5, 0.6) is 0 Å². The van der Waals surface area contributed by atoms with Crippen LogP contribution in [0.25, 0.3) is 0 Å². The lowest BCUT2D eigenvalue weighted by atomic mass is 10.1. The molecule has 0 radical (unpaired) electrons. The number of carbonyl (C=O) groups excluding carboxylic acids is 1. The van der Waals surface area contributed by atoms with Gasteiger partial charge in [0.1, 0.15) is 12.2 Å². The van der Waals surface area contributed by atoms with Crippen molar-refractivity contribution in [3.63, 3.8) is 0 Å². The second kappa shape index (κ2) is 6.75. The quantitative estimate of drug-likeness (QED) is 0.859. The average Bonchev–Trinajstić information content (AvgIpc) is 2.90. The fourth-order valence-electron chi connectivity index (χ4n) is 2.82. The van der Waals surface area contributed by atoms with Gasteiger partial charge in [0.25, 0.3) is 0 Å². The Hall–Kier alpha value is -2.14. The standard InChI is InChI=1S/C17H21N3O2/c1-2-22-17(21)10-16-18-14-8-9-20(12-15(14)19-16)11-13-6-4-3-5-7-13/h3-7H,2,8-12H2,1H3,(H,18,19). The van der Waals surface area contributed by atoms with Crippen molar-refractivity contribution in [2.75, 3.05) is 13.2 Å². The molecule has 1 aromatic carbocycles. The zero-order valence-electron chi connectivity index (χ0n) is 12.8. The number of nitrogens with one attached hydrogen (secondary N) is 1. The molecule has 1 aliphatic heterocycles. The van der Waals surface area contributed by atoms with Gasteiger partial charge in [-0.15, -0.1) is 0 Å². The number of rotatable bonds is 5. The lowest BCUT2D eigenvalue weighted by Crippen LogP contribution is -2.30. The highest BCUT2D eigenvalue weighted by molar-refractivity contribution is 5.71. The number of H-pyrrole nitrogens is 1. The van der Waals surface area contributed by atoms with Crippen molar-refractivity contribution in [2.45, 2.75) is 32.9 Å². The summed E-state index contributed by atoms with van der Waals surface area (Å²) in [6.07, 6.45) is 1.14. The van der Waals surface area contributed by atoms with E-state index < -0.39 is 0 Å². The van der Waals surface area contributed by atoms with E-state index in [9.17, 15) is 4.79 Å². The van der Waals surface area contributed by atoms with Gasteiger partial charge in [0, 0.05) is 26.1 Å². The molecule has 22 heavy (non-hydrogen) atoms. The monoisotopic (exact) mass is 299 g/mol. The number of nitrogens with zero attached hydrogens (tertiary/aromatic N) is 2. The van der Waals surface area contributed by atoms with Gasteiger partial charge in [-0.2, -0.15) is 0 Å². The average molecular weight is 299 g/mol. The molecule has 0 spiro atoms. The lowest BCUT2D eigenvalue weighted by molar-refractivity contribution is -0.142. The van der Waals surface area contributed by atoms with Crippen LogP contribution in [0, 0.1) is 0 Å². The SMILES string of the molecule is CCOC(=O)Cc1nc2c([nH]1)CN(Cc1ccccc1)CC2. The Morgan fingerprint density at radius 2 is 2.18 bits per heavy atom. The van der Waals surface area contributed by atoms with E-state index in [0.29, 0.717) is 12.4 Å². The van der Waals surface area contributed by atoms with Crippen molar-refractivity contribution in [3.05, 3.63) is 53.1 Å². The maximum absolute atomic E-state index is 11.5. The smallest absolute Gasteiger partial charge is 0.313 e. The van der Waals surface area contributed by atoms with E-state index in [0.717, 1.165) is 37.4 Å². The van der Waals surface area contributed by atoms with Crippen LogP contribution in [-0.4, -0.2) is 34.0 Å². The second-order valence-electron chi connectivity index (χ2n) is 5.54. The lowest BCUT2D eigenvalue weighted by Gasteiger charge is -2.25. The van der Waals surface area contributed by atoms with Gasteiger partial charge in [-0.3, -0.25) is 9.69 Å². The van der Waals surface area contributed by atoms with Gasteiger partial charge in [-0.25, -0.2) is 4.98 Å². The molecule has 5 nitrogen and oxygen atoms in total. The van der Waals surface area contributed by atoms with E-state index >= 15 is 0 Å². The number of ether oxygens (including phenoxy) is 1. The minimum Gasteiger partial charge on any atom is -0.466 e. The third-order valence-corrected chi connectivity index (χ3v) is 3.83. The summed E-state index contributed by atoms with van der Waals surface area (Å²) >= 11 is 0. The summed E-state index contributed by atoms with van der Waals surface area (Å²) < 4.78 is 4.97. The summed E-state index contributed by atoms with van der Waals surface area (Å²) in [6.45, 7) is 4.99. The van der Waals surface area contributed by atoms with Crippen LogP contribution in [0.4, 0.5) is 0 Å². The van der Waals surface area contributed by atoms with Crippen molar-refractivity contribution >= 4 is 5.97 Å². The molecular weight excluding hydrogens is 278 g/mol. The number of aromatic amines is 1. The van der Waals surface area contributed by atoms with Gasteiger partial charge in [-0.05, 0) is 12.5 Å². The maximum Gasteiger partial charge on any atom is 0.313 e. The molecular formula is C17H21N3O2. The summed E-state index contributed by atoms with van der Waals surface area (Å²) in [5.41, 5.74) is 3.53. The molecule has 3 rings (SSSR count). The van der Waals surface area contributed by atoms with E-state index in [1.165, 1.54) is 5.56 Å². The Morgan fingerprint density at radius 1 is 1.36 bits per heavy atom. The fourth-order valence-corrected chi connectivity index (χ4v) is 2.82. The summed E-state index contributed by atoms with van der Waals surface area (Å²) in [5.74, 6) is 0.486. The van der Waals surface area contributed by atoms with Gasteiger partial charge in [0.15, 0.2) is 0 Å². The highest BCUT2D eigenvalue weighted by Crippen LogP contribution is 2.19. The molecule has 2 aromatic rings. The molecule has 0 saturated heterocycles. The zero-order chi connectivity index (χ0) is 15.4. The first-order valence-electron chi connectivity index (χ1n) is 7.73. The number of hydrogen-bond acceptors (Lipinski definition) is 4. The predicted molar refractivity (Wildman–Crippen MR) is 83.2 cm³/mol. The second-order valence-corrected chi connectivity index (χ2v) is 5.54. The fraction of sp³-hybridized carbons (Fsp3) is 0.412. The largest absolute Gasteiger partial charge is 0.466 e. The van der Waals surface area contributed by atoms with Crippen molar-refractivity contribution in [1.82, 2.24) is 14.9 Å². The van der Waals surface area contributed by atoms with Crippen molar-refractivity contribution in [3.8, 4) is 0 Å². The Kier molecular flexibility index (Phi) is 4.53. The molecule has 116 valence electrons. The van der Waals surface area contributed by atoms with Crippen LogP contribution < -0.4 is 0 Å². The first kappa shape index (κ1) is 14.8. The maximum atomic E-state index is 11.5. The summed E-state index contributed by atoms with van der Waals surface area (Å²) in [5, 5.41) is 0. The number of benzene rings is 1. The van der Waals surface area contributed by atoms with E-state index in [-0.39, 0.29) is 12.4 Å². The van der Waals surface area contributed by atoms with Crippen molar-refractivity contribution in [1.29, 1.82) is 0 Å². The van der Waals surface area contributed by atoms with Gasteiger partial charge in [0.05, 0.1) is 18.0 Å². The van der Waals surface area contributed by atoms with Gasteiger partial charge in [-0.1, -0.05) is 30.3 Å². The predicted octanol–water partition coefficient (Wildman–Crippen LogP) is 2.07. The Morgan fingerprint density at radius 3 is 2.95 bits per heavy atom. The van der Waals surface area contributed by atoms with Gasteiger partial charge >= 0.3 is 5.97 Å². The minimum atomic E-state index is -0.227. The van der Waals surface area contributed by atoms with Crippen LogP contribution in [0.15, 0.2) is 30.3 Å². The Labute approximate surface area is 130 Å². The molecule has 1 aromatic heterocycles. The first-order chi connectivity index (χ1) is 10.7. The molecule has 1 aliphatic rings. The van der Waals surface area contributed by atoms with Crippen LogP contribution in [0.3, 0.4) is 0 Å². The van der Waals surface area contributed by atoms with Crippen LogP contribution in [0.1, 0.15) is 29.7 Å². The van der Waals surface area contributed by atoms with E-state index in [4.69, 9.17) is 4.74 Å². The number of hydrogen-bond donors (Lipinski definition) is 1. The number of aromatic nitrogens is 2. The highest BCUT2D eigenvalue weighted by Gasteiger charge is 2.21. The minimum absolute atomic E-state index is 0.222. The van der Waals surface area contributed by atoms with Crippen LogP contribution in [0.2, 0.25) is 0 Å². The van der Waals surface area contributed by atoms with E-state index in [1.807, 2.05) is 13.0 Å². The molecule has 0 aliphatic carbocycles. The molecule has 5 heteroatoms. The Bertz CT molecular complexity index is 637. The molecule has 0 fully saturated rings. The van der Waals surface area contributed by atoms with Crippen LogP contribution >= 0.6 is 0 Å². The highest BCUT2D eigenvalue weighted by atomic mass is 16.5. The molecule has 0 bridgehead atoms. The Balaban J connectivity index is 1.63. The number of imidazole rings is 1. The van der Waals surface area contributed by atoms with Crippen LogP contribution in [-0.2, 0) is 35.5 Å². The van der Waals surface area contributed by atoms with E-state index in [2.05, 4.69) is 39.1 Å². The third-order valence-electron chi connectivity index (χ3n) is 3.83. The first-order valence-corrected chi connectivity index (χ1v) is 7.73. The molecule has 0 unspecified atom stereocenters. The normalized spacial score (nSPS) is 14.6. The summed E-state index contributed by atoms with van der Waals surface area (Å²) in [7, 11) is 0. The third kappa shape index (κ3) is 3.54. The zero-order valence-corrected chi connectivity index (χ0v) is 12.8. The summed E-state index contributed by atoms with van der Waals surface area (Å²) in [6, 6.07) is 10.5. The van der Waals surface area contributed by atoms with Gasteiger partial charge < -0.3 is 9.72 Å². The molecule has 2 heterocycles.